The third-order valence-electron chi connectivity index (χ3n) is 7.64. The number of aromatic nitrogens is 2. The van der Waals surface area contributed by atoms with Crippen LogP contribution in [0.5, 0.6) is 0 Å². The second-order valence-corrected chi connectivity index (χ2v) is 10.1. The summed E-state index contributed by atoms with van der Waals surface area (Å²) in [6, 6.07) is 27.3. The van der Waals surface area contributed by atoms with Gasteiger partial charge in [-0.1, -0.05) is 12.1 Å². The van der Waals surface area contributed by atoms with E-state index in [1.54, 1.807) is 73.1 Å². The van der Waals surface area contributed by atoms with Crippen LogP contribution in [0, 0.1) is 56.7 Å². The second-order valence-electron chi connectivity index (χ2n) is 10.1. The van der Waals surface area contributed by atoms with Gasteiger partial charge in [-0.15, -0.1) is 0 Å². The Morgan fingerprint density at radius 1 is 0.578 bits per heavy atom. The molecule has 1 heterocycles. The number of hydrogen-bond donors (Lipinski definition) is 3. The van der Waals surface area contributed by atoms with Crippen molar-refractivity contribution in [1.29, 1.82) is 26.3 Å². The largest absolute Gasteiger partial charge is 0.398 e. The Bertz CT molecular complexity index is 2340. The monoisotopic (exact) mass is 578 g/mol. The predicted molar refractivity (Wildman–Crippen MR) is 167 cm³/mol. The van der Waals surface area contributed by atoms with E-state index in [1.165, 1.54) is 0 Å². The first-order chi connectivity index (χ1) is 21.8. The zero-order valence-corrected chi connectivity index (χ0v) is 23.3. The van der Waals surface area contributed by atoms with E-state index in [2.05, 4.69) is 28.2 Å². The summed E-state index contributed by atoms with van der Waals surface area (Å²) in [7, 11) is 0. The Kier molecular flexibility index (Phi) is 6.62. The zero-order chi connectivity index (χ0) is 31.8. The fourth-order valence-corrected chi connectivity index (χ4v) is 5.76. The fourth-order valence-electron chi connectivity index (χ4n) is 5.76. The maximum absolute atomic E-state index is 10.4. The molecule has 0 saturated carbocycles. The van der Waals surface area contributed by atoms with E-state index < -0.39 is 0 Å². The molecule has 45 heavy (non-hydrogen) atoms. The van der Waals surface area contributed by atoms with Gasteiger partial charge < -0.3 is 17.2 Å². The summed E-state index contributed by atoms with van der Waals surface area (Å²) < 4.78 is 0. The van der Waals surface area contributed by atoms with Gasteiger partial charge >= 0.3 is 0 Å². The Hall–Kier alpha value is -7.45. The molecule has 0 fully saturated rings. The van der Waals surface area contributed by atoms with Crippen molar-refractivity contribution >= 4 is 33.6 Å². The lowest BCUT2D eigenvalue weighted by Crippen LogP contribution is -2.03. The van der Waals surface area contributed by atoms with Gasteiger partial charge in [0.25, 0.3) is 0 Å². The zero-order valence-electron chi connectivity index (χ0n) is 23.3. The molecule has 0 amide bonds. The molecule has 6 rings (SSSR count). The lowest BCUT2D eigenvalue weighted by atomic mass is 9.88. The third-order valence-corrected chi connectivity index (χ3v) is 7.64. The first-order valence-electron chi connectivity index (χ1n) is 13.3. The van der Waals surface area contributed by atoms with Gasteiger partial charge in [-0.25, -0.2) is 9.97 Å². The van der Waals surface area contributed by atoms with Crippen molar-refractivity contribution in [3.8, 4) is 41.7 Å². The quantitative estimate of drug-likeness (QED) is 0.287. The molecule has 0 spiro atoms. The average molecular weight is 579 g/mol. The van der Waals surface area contributed by atoms with E-state index in [1.807, 2.05) is 12.1 Å². The Morgan fingerprint density at radius 3 is 1.64 bits per heavy atom. The van der Waals surface area contributed by atoms with Crippen LogP contribution >= 0.6 is 0 Å². The molecule has 0 aliphatic heterocycles. The number of hydrogen-bond acceptors (Lipinski definition) is 10. The van der Waals surface area contributed by atoms with E-state index in [0.29, 0.717) is 83.9 Å². The molecule has 2 aliphatic rings. The topological polar surface area (TPSA) is 223 Å². The number of allylic oxidation sites excluding steroid dienone is 7. The van der Waals surface area contributed by atoms with Crippen molar-refractivity contribution in [2.24, 2.45) is 17.2 Å². The van der Waals surface area contributed by atoms with Gasteiger partial charge in [-0.05, 0) is 70.8 Å². The molecule has 0 atom stereocenters. The minimum Gasteiger partial charge on any atom is -0.398 e. The van der Waals surface area contributed by atoms with Crippen LogP contribution in [0.2, 0.25) is 0 Å². The van der Waals surface area contributed by atoms with E-state index >= 15 is 0 Å². The highest BCUT2D eigenvalue weighted by molar-refractivity contribution is 6.26. The molecule has 0 saturated heterocycles. The van der Waals surface area contributed by atoms with E-state index in [9.17, 15) is 26.3 Å². The molecule has 1 aromatic heterocycles. The Morgan fingerprint density at radius 2 is 1.09 bits per heavy atom. The number of fused-ring (bicyclic) bond motifs is 2. The van der Waals surface area contributed by atoms with Crippen LogP contribution in [0.15, 0.2) is 84.5 Å². The van der Waals surface area contributed by atoms with Crippen LogP contribution in [0.3, 0.4) is 0 Å². The number of nitrogens with zero attached hydrogens (tertiary/aromatic N) is 7. The highest BCUT2D eigenvalue weighted by atomic mass is 14.8. The van der Waals surface area contributed by atoms with Crippen molar-refractivity contribution in [3.63, 3.8) is 0 Å². The van der Waals surface area contributed by atoms with Gasteiger partial charge in [0.1, 0.15) is 29.6 Å². The second kappa shape index (κ2) is 10.8. The van der Waals surface area contributed by atoms with Gasteiger partial charge in [0.15, 0.2) is 5.82 Å². The van der Waals surface area contributed by atoms with Crippen LogP contribution in [-0.4, -0.2) is 9.97 Å². The van der Waals surface area contributed by atoms with Gasteiger partial charge in [-0.3, -0.25) is 0 Å². The standard InChI is InChI=1S/C35H18N10/c36-13-18-2-4-23-25(8-18)27(15-38)30(32(23)28(41)16-39)20-10-21(12-22(11-20)35-44-6-1-7-45-35)31-33(29(42)17-40)24-5-3-19(14-37)9-26(24)34(31)43/h1-12H,41-43H2/b32-28+,33-29-. The summed E-state index contributed by atoms with van der Waals surface area (Å²) in [6.45, 7) is 0. The molecule has 3 aromatic carbocycles. The lowest BCUT2D eigenvalue weighted by molar-refractivity contribution is 1.17. The van der Waals surface area contributed by atoms with Crippen molar-refractivity contribution in [2.75, 3.05) is 0 Å². The maximum Gasteiger partial charge on any atom is 0.159 e. The molecule has 10 nitrogen and oxygen atoms in total. The first kappa shape index (κ1) is 27.7. The van der Waals surface area contributed by atoms with Crippen LogP contribution in [-0.2, 0) is 0 Å². The smallest absolute Gasteiger partial charge is 0.159 e. The number of nitrogens with two attached hydrogens (primary N) is 3. The third kappa shape index (κ3) is 4.32. The van der Waals surface area contributed by atoms with Crippen molar-refractivity contribution in [1.82, 2.24) is 9.97 Å². The minimum atomic E-state index is -0.116. The highest BCUT2D eigenvalue weighted by Gasteiger charge is 2.33. The average Bonchev–Trinajstić information content (AvgIpc) is 3.58. The minimum absolute atomic E-state index is 0.0807. The Balaban J connectivity index is 1.72. The fraction of sp³-hybridized carbons (Fsp3) is 0. The number of benzene rings is 3. The molecule has 0 unspecified atom stereocenters. The van der Waals surface area contributed by atoms with Crippen LogP contribution in [0.4, 0.5) is 0 Å². The summed E-state index contributed by atoms with van der Waals surface area (Å²) in [6.07, 6.45) is 3.17. The number of rotatable bonds is 3. The summed E-state index contributed by atoms with van der Waals surface area (Å²) in [5.41, 5.74) is 25.6. The molecule has 4 aromatic rings. The SMILES string of the molecule is N#CC1=C(c2cc(C3=C(N)c4cc(C#N)ccc4/C3=C(/N)C#N)cc(-c3ncccn3)c2)/C(=C(/N)C#N)c2ccc(C#N)cc21. The first-order valence-corrected chi connectivity index (χ1v) is 13.3. The molecular weight excluding hydrogens is 560 g/mol. The summed E-state index contributed by atoms with van der Waals surface area (Å²) >= 11 is 0. The summed E-state index contributed by atoms with van der Waals surface area (Å²) in [5.74, 6) is 0.362. The molecule has 10 heteroatoms. The van der Waals surface area contributed by atoms with Gasteiger partial charge in [0, 0.05) is 57.1 Å². The summed E-state index contributed by atoms with van der Waals surface area (Å²) in [5, 5.41) is 49.3. The van der Waals surface area contributed by atoms with E-state index in [-0.39, 0.29) is 17.0 Å². The van der Waals surface area contributed by atoms with Crippen molar-refractivity contribution in [2.45, 2.75) is 0 Å². The van der Waals surface area contributed by atoms with Crippen molar-refractivity contribution < 1.29 is 0 Å². The molecule has 208 valence electrons. The normalized spacial score (nSPS) is 15.2. The molecule has 2 aliphatic carbocycles. The van der Waals surface area contributed by atoms with Gasteiger partial charge in [0.05, 0.1) is 28.8 Å². The van der Waals surface area contributed by atoms with Gasteiger partial charge in [-0.2, -0.15) is 26.3 Å². The van der Waals surface area contributed by atoms with E-state index in [4.69, 9.17) is 17.2 Å². The van der Waals surface area contributed by atoms with Crippen molar-refractivity contribution in [3.05, 3.63) is 129 Å². The lowest BCUT2D eigenvalue weighted by Gasteiger charge is -2.15. The molecule has 0 radical (unpaired) electrons. The molecule has 6 N–H and O–H groups in total. The number of nitriles is 5. The van der Waals surface area contributed by atoms with Crippen LogP contribution < -0.4 is 17.2 Å². The van der Waals surface area contributed by atoms with E-state index in [0.717, 1.165) is 0 Å². The molecular formula is C35H18N10. The Labute approximate surface area is 257 Å². The summed E-state index contributed by atoms with van der Waals surface area (Å²) in [4.78, 5) is 8.84. The predicted octanol–water partition coefficient (Wildman–Crippen LogP) is 4.56. The maximum atomic E-state index is 10.4. The van der Waals surface area contributed by atoms with Gasteiger partial charge in [0.2, 0.25) is 0 Å². The van der Waals surface area contributed by atoms with Crippen LogP contribution in [0.1, 0.15) is 44.5 Å². The highest BCUT2D eigenvalue weighted by Crippen LogP contribution is 2.50. The van der Waals surface area contributed by atoms with Crippen LogP contribution in [0.25, 0.3) is 45.0 Å². The molecule has 0 bridgehead atoms.